The fourth-order valence-corrected chi connectivity index (χ4v) is 6.86. The van der Waals surface area contributed by atoms with Crippen LogP contribution in [0, 0.1) is 11.8 Å². The van der Waals surface area contributed by atoms with E-state index in [2.05, 4.69) is 70.7 Å². The van der Waals surface area contributed by atoms with Gasteiger partial charge in [0.05, 0.1) is 6.04 Å². The molecule has 2 aliphatic carbocycles. The average molecular weight is 539 g/mol. The van der Waals surface area contributed by atoms with Gasteiger partial charge in [-0.15, -0.1) is 11.8 Å². The van der Waals surface area contributed by atoms with Crippen LogP contribution in [0.3, 0.4) is 0 Å². The molecule has 0 amide bonds. The Hall–Kier alpha value is -1.55. The third kappa shape index (κ3) is 5.11. The first-order chi connectivity index (χ1) is 16.1. The molecular formula is C29H29BrClNS. The van der Waals surface area contributed by atoms with E-state index >= 15 is 0 Å². The molecule has 4 heteroatoms. The van der Waals surface area contributed by atoms with Gasteiger partial charge in [0.25, 0.3) is 0 Å². The number of nitrogens with zero attached hydrogens (tertiary/aromatic N) is 1. The third-order valence-electron chi connectivity index (χ3n) is 7.29. The summed E-state index contributed by atoms with van der Waals surface area (Å²) < 4.78 is 1.10. The quantitative estimate of drug-likeness (QED) is 0.334. The summed E-state index contributed by atoms with van der Waals surface area (Å²) in [5.74, 6) is 1.55. The van der Waals surface area contributed by atoms with Crippen LogP contribution in [-0.4, -0.2) is 18.5 Å². The smallest absolute Gasteiger partial charge is 0.0974 e. The van der Waals surface area contributed by atoms with E-state index in [0.717, 1.165) is 33.3 Å². The minimum Gasteiger partial charge on any atom is -0.279 e. The van der Waals surface area contributed by atoms with Crippen molar-refractivity contribution in [1.82, 2.24) is 0 Å². The molecule has 3 aliphatic rings. The van der Waals surface area contributed by atoms with Crippen LogP contribution < -0.4 is 0 Å². The lowest BCUT2D eigenvalue weighted by Crippen LogP contribution is -2.20. The number of benzene rings is 2. The van der Waals surface area contributed by atoms with Crippen molar-refractivity contribution < 1.29 is 0 Å². The SMILES string of the molecule is CSc1ccccc1CC1CCC(CC2=CC(c3ccccc3Cl)=CC3=C(Br)C=NC23)CC1. The molecule has 0 bridgehead atoms. The van der Waals surface area contributed by atoms with E-state index in [1.54, 1.807) is 0 Å². The van der Waals surface area contributed by atoms with Gasteiger partial charge in [0.2, 0.25) is 0 Å². The topological polar surface area (TPSA) is 12.4 Å². The van der Waals surface area contributed by atoms with Gasteiger partial charge < -0.3 is 0 Å². The highest BCUT2D eigenvalue weighted by Crippen LogP contribution is 2.42. The Morgan fingerprint density at radius 2 is 1.64 bits per heavy atom. The number of fused-ring (bicyclic) bond motifs is 1. The summed E-state index contributed by atoms with van der Waals surface area (Å²) in [6.45, 7) is 0. The lowest BCUT2D eigenvalue weighted by atomic mass is 9.75. The Balaban J connectivity index is 1.28. The maximum Gasteiger partial charge on any atom is 0.0974 e. The molecule has 1 atom stereocenters. The molecule has 2 aromatic carbocycles. The monoisotopic (exact) mass is 537 g/mol. The first kappa shape index (κ1) is 23.2. The largest absolute Gasteiger partial charge is 0.279 e. The molecule has 33 heavy (non-hydrogen) atoms. The minimum atomic E-state index is 0.164. The lowest BCUT2D eigenvalue weighted by molar-refractivity contribution is 0.270. The van der Waals surface area contributed by atoms with Crippen LogP contribution >= 0.6 is 39.3 Å². The molecule has 170 valence electrons. The summed E-state index contributed by atoms with van der Waals surface area (Å²) in [5, 5.41) is 0.805. The number of aliphatic imine (C=N–C) groups is 1. The number of hydrogen-bond acceptors (Lipinski definition) is 2. The summed E-state index contributed by atoms with van der Waals surface area (Å²) in [5.41, 5.74) is 6.53. The van der Waals surface area contributed by atoms with E-state index in [1.807, 2.05) is 30.1 Å². The molecule has 1 unspecified atom stereocenters. The van der Waals surface area contributed by atoms with Crippen LogP contribution in [0.15, 0.2) is 86.2 Å². The molecule has 1 nitrogen and oxygen atoms in total. The second-order valence-corrected chi connectivity index (χ2v) is 11.5. The van der Waals surface area contributed by atoms with E-state index in [4.69, 9.17) is 16.6 Å². The molecule has 0 aromatic heterocycles. The molecule has 1 saturated carbocycles. The highest BCUT2D eigenvalue weighted by molar-refractivity contribution is 9.12. The maximum absolute atomic E-state index is 6.55. The molecule has 0 N–H and O–H groups in total. The van der Waals surface area contributed by atoms with Gasteiger partial charge in [-0.1, -0.05) is 54.1 Å². The molecule has 1 fully saturated rings. The highest BCUT2D eigenvalue weighted by Gasteiger charge is 2.30. The van der Waals surface area contributed by atoms with E-state index < -0.39 is 0 Å². The normalized spacial score (nSPS) is 24.5. The van der Waals surface area contributed by atoms with Crippen molar-refractivity contribution in [3.05, 3.63) is 92.5 Å². The summed E-state index contributed by atoms with van der Waals surface area (Å²) in [7, 11) is 0. The zero-order valence-electron chi connectivity index (χ0n) is 18.9. The highest BCUT2D eigenvalue weighted by atomic mass is 79.9. The van der Waals surface area contributed by atoms with E-state index in [0.29, 0.717) is 0 Å². The Labute approximate surface area is 215 Å². The average Bonchev–Trinajstić information content (AvgIpc) is 3.22. The molecule has 0 saturated heterocycles. The zero-order valence-corrected chi connectivity index (χ0v) is 22.1. The summed E-state index contributed by atoms with van der Waals surface area (Å²) in [6.07, 6.45) is 16.4. The number of rotatable bonds is 6. The van der Waals surface area contributed by atoms with Gasteiger partial charge >= 0.3 is 0 Å². The maximum atomic E-state index is 6.55. The fraction of sp³-hybridized carbons (Fsp3) is 0.345. The second-order valence-electron chi connectivity index (χ2n) is 9.39. The molecule has 1 heterocycles. The fourth-order valence-electron chi connectivity index (χ4n) is 5.53. The van der Waals surface area contributed by atoms with Crippen molar-refractivity contribution in [1.29, 1.82) is 0 Å². The van der Waals surface area contributed by atoms with Crippen molar-refractivity contribution in [2.75, 3.05) is 6.26 Å². The number of halogens is 2. The molecule has 1 aliphatic heterocycles. The Bertz CT molecular complexity index is 1150. The van der Waals surface area contributed by atoms with Gasteiger partial charge in [-0.25, -0.2) is 0 Å². The second kappa shape index (κ2) is 10.4. The zero-order chi connectivity index (χ0) is 22.8. The Morgan fingerprint density at radius 3 is 2.39 bits per heavy atom. The standard InChI is InChI=1S/C29H29BrClNS/c1-33-28-9-5-2-6-21(28)14-19-10-12-20(13-11-19)15-23-16-22(24-7-3-4-8-27(24)31)17-25-26(30)18-32-29(23)25/h2-9,16-20,29H,10-15H2,1H3. The molecule has 2 aromatic rings. The first-order valence-electron chi connectivity index (χ1n) is 11.8. The van der Waals surface area contributed by atoms with Gasteiger partial charge in [0.1, 0.15) is 0 Å². The molecule has 0 spiro atoms. The van der Waals surface area contributed by atoms with Gasteiger partial charge in [0.15, 0.2) is 0 Å². The van der Waals surface area contributed by atoms with E-state index in [9.17, 15) is 0 Å². The van der Waals surface area contributed by atoms with Gasteiger partial charge in [-0.3, -0.25) is 4.99 Å². The number of hydrogen-bond donors (Lipinski definition) is 0. The first-order valence-corrected chi connectivity index (χ1v) is 14.2. The van der Waals surface area contributed by atoms with Crippen LogP contribution in [0.25, 0.3) is 5.57 Å². The van der Waals surface area contributed by atoms with Crippen molar-refractivity contribution in [3.8, 4) is 0 Å². The molecule has 0 radical (unpaired) electrons. The van der Waals surface area contributed by atoms with Crippen molar-refractivity contribution in [2.24, 2.45) is 16.8 Å². The number of thioether (sulfide) groups is 1. The lowest BCUT2D eigenvalue weighted by Gasteiger charge is -2.31. The van der Waals surface area contributed by atoms with Crippen LogP contribution in [0.1, 0.15) is 43.2 Å². The van der Waals surface area contributed by atoms with E-state index in [-0.39, 0.29) is 6.04 Å². The predicted molar refractivity (Wildman–Crippen MR) is 148 cm³/mol. The van der Waals surface area contributed by atoms with Gasteiger partial charge in [0, 0.05) is 26.2 Å². The summed E-state index contributed by atoms with van der Waals surface area (Å²) in [6, 6.07) is 17.2. The predicted octanol–water partition coefficient (Wildman–Crippen LogP) is 8.93. The molecular weight excluding hydrogens is 510 g/mol. The van der Waals surface area contributed by atoms with Gasteiger partial charge in [-0.2, -0.15) is 0 Å². The third-order valence-corrected chi connectivity index (χ3v) is 9.12. The van der Waals surface area contributed by atoms with Crippen LogP contribution in [0.5, 0.6) is 0 Å². The Kier molecular flexibility index (Phi) is 7.30. The van der Waals surface area contributed by atoms with E-state index in [1.165, 1.54) is 59.3 Å². The number of allylic oxidation sites excluding steroid dienone is 3. The Morgan fingerprint density at radius 1 is 0.939 bits per heavy atom. The summed E-state index contributed by atoms with van der Waals surface area (Å²) >= 11 is 12.1. The van der Waals surface area contributed by atoms with Crippen molar-refractivity contribution in [3.63, 3.8) is 0 Å². The molecule has 5 rings (SSSR count). The summed E-state index contributed by atoms with van der Waals surface area (Å²) in [4.78, 5) is 6.27. The van der Waals surface area contributed by atoms with Crippen molar-refractivity contribution >= 4 is 51.1 Å². The van der Waals surface area contributed by atoms with Crippen molar-refractivity contribution in [2.45, 2.75) is 49.5 Å². The van der Waals surface area contributed by atoms with Gasteiger partial charge in [-0.05, 0) is 113 Å². The minimum absolute atomic E-state index is 0.164. The van der Waals surface area contributed by atoms with Crippen LogP contribution in [0.2, 0.25) is 5.02 Å². The van der Waals surface area contributed by atoms with Crippen LogP contribution in [-0.2, 0) is 6.42 Å². The van der Waals surface area contributed by atoms with Crippen LogP contribution in [0.4, 0.5) is 0 Å².